The molecule has 5 nitrogen and oxygen atoms in total. The van der Waals surface area contributed by atoms with Crippen LogP contribution in [0, 0.1) is 0 Å². The van der Waals surface area contributed by atoms with E-state index in [4.69, 9.17) is 9.47 Å². The van der Waals surface area contributed by atoms with Crippen molar-refractivity contribution in [2.24, 2.45) is 0 Å². The van der Waals surface area contributed by atoms with Crippen LogP contribution in [0.4, 0.5) is 8.78 Å². The second kappa shape index (κ2) is 6.15. The maximum atomic E-state index is 13.8. The fourth-order valence-electron chi connectivity index (χ4n) is 1.84. The molecule has 1 atom stereocenters. The summed E-state index contributed by atoms with van der Waals surface area (Å²) in [6.45, 7) is 1.81. The number of halogens is 3. The fraction of sp³-hybridized carbons (Fsp3) is 0.462. The van der Waals surface area contributed by atoms with Crippen molar-refractivity contribution < 1.29 is 32.9 Å². The molecule has 1 aliphatic rings. The summed E-state index contributed by atoms with van der Waals surface area (Å²) in [5.74, 6) is -5.23. The summed E-state index contributed by atoms with van der Waals surface area (Å²) in [5.41, 5.74) is -0.177. The van der Waals surface area contributed by atoms with Gasteiger partial charge in [-0.3, -0.25) is 0 Å². The van der Waals surface area contributed by atoms with Crippen LogP contribution in [0.5, 0.6) is 11.5 Å². The van der Waals surface area contributed by atoms with Gasteiger partial charge in [0.05, 0.1) is 11.1 Å². The monoisotopic (exact) mass is 366 g/mol. The number of carbonyl (C=O) groups excluding carboxylic acids is 1. The molecule has 0 radical (unpaired) electrons. The van der Waals surface area contributed by atoms with Crippen LogP contribution in [0.15, 0.2) is 16.6 Å². The van der Waals surface area contributed by atoms with E-state index in [9.17, 15) is 18.7 Å². The second-order valence-corrected chi connectivity index (χ2v) is 5.13. The first kappa shape index (κ1) is 16.0. The zero-order valence-electron chi connectivity index (χ0n) is 11.1. The van der Waals surface area contributed by atoms with Crippen LogP contribution in [0.2, 0.25) is 0 Å². The smallest absolute Gasteiger partial charge is 0.380 e. The van der Waals surface area contributed by atoms with E-state index in [1.54, 1.807) is 0 Å². The highest BCUT2D eigenvalue weighted by Crippen LogP contribution is 2.42. The standard InChI is InChI=1S/C13H13BrF2O5/c1-2-19-12(18)13(15,16)11(17)7-5-8(14)10-9(6-7)20-3-4-21-10/h5-6,11,17H,2-4H2,1H3. The first-order chi connectivity index (χ1) is 9.87. The maximum Gasteiger partial charge on any atom is 0.380 e. The lowest BCUT2D eigenvalue weighted by molar-refractivity contribution is -0.189. The van der Waals surface area contributed by atoms with Gasteiger partial charge in [-0.15, -0.1) is 0 Å². The second-order valence-electron chi connectivity index (χ2n) is 4.27. The van der Waals surface area contributed by atoms with Gasteiger partial charge in [0.15, 0.2) is 17.6 Å². The number of aliphatic hydroxyl groups excluding tert-OH is 1. The number of carbonyl (C=O) groups is 1. The summed E-state index contributed by atoms with van der Waals surface area (Å²) in [6.07, 6.45) is -2.34. The third-order valence-corrected chi connectivity index (χ3v) is 3.41. The van der Waals surface area contributed by atoms with Crippen molar-refractivity contribution in [1.29, 1.82) is 0 Å². The van der Waals surface area contributed by atoms with Crippen LogP contribution in [0.1, 0.15) is 18.6 Å². The molecule has 8 heteroatoms. The van der Waals surface area contributed by atoms with Crippen LogP contribution in [0.25, 0.3) is 0 Å². The summed E-state index contributed by atoms with van der Waals surface area (Å²) < 4.78 is 42.9. The van der Waals surface area contributed by atoms with Crippen molar-refractivity contribution in [2.45, 2.75) is 19.0 Å². The van der Waals surface area contributed by atoms with E-state index in [1.165, 1.54) is 19.1 Å². The van der Waals surface area contributed by atoms with E-state index in [2.05, 4.69) is 20.7 Å². The van der Waals surface area contributed by atoms with Gasteiger partial charge in [0, 0.05) is 0 Å². The van der Waals surface area contributed by atoms with Gasteiger partial charge >= 0.3 is 11.9 Å². The van der Waals surface area contributed by atoms with Crippen molar-refractivity contribution >= 4 is 21.9 Å². The minimum absolute atomic E-state index is 0.177. The molecule has 0 spiro atoms. The first-order valence-electron chi connectivity index (χ1n) is 6.20. The number of hydrogen-bond acceptors (Lipinski definition) is 5. The predicted octanol–water partition coefficient (Wildman–Crippen LogP) is 2.45. The number of alkyl halides is 2. The number of benzene rings is 1. The Hall–Kier alpha value is -1.41. The molecule has 0 saturated heterocycles. The van der Waals surface area contributed by atoms with E-state index in [0.717, 1.165) is 0 Å². The molecular weight excluding hydrogens is 354 g/mol. The van der Waals surface area contributed by atoms with Crippen molar-refractivity contribution in [1.82, 2.24) is 0 Å². The maximum absolute atomic E-state index is 13.8. The van der Waals surface area contributed by atoms with Crippen LogP contribution in [-0.4, -0.2) is 36.8 Å². The van der Waals surface area contributed by atoms with E-state index in [-0.39, 0.29) is 24.5 Å². The third kappa shape index (κ3) is 3.11. The molecule has 116 valence electrons. The molecule has 1 N–H and O–H groups in total. The summed E-state index contributed by atoms with van der Waals surface area (Å²) in [4.78, 5) is 11.3. The largest absolute Gasteiger partial charge is 0.486 e. The zero-order valence-corrected chi connectivity index (χ0v) is 12.7. The lowest BCUT2D eigenvalue weighted by Crippen LogP contribution is -2.37. The van der Waals surface area contributed by atoms with Gasteiger partial charge < -0.3 is 19.3 Å². The molecule has 0 aliphatic carbocycles. The number of fused-ring (bicyclic) bond motifs is 1. The molecule has 0 bridgehead atoms. The fourth-order valence-corrected chi connectivity index (χ4v) is 2.41. The highest BCUT2D eigenvalue weighted by atomic mass is 79.9. The first-order valence-corrected chi connectivity index (χ1v) is 6.99. The minimum Gasteiger partial charge on any atom is -0.486 e. The Balaban J connectivity index is 2.33. The molecule has 1 aliphatic heterocycles. The molecule has 2 rings (SSSR count). The summed E-state index contributed by atoms with van der Waals surface area (Å²) >= 11 is 3.16. The highest BCUT2D eigenvalue weighted by Gasteiger charge is 2.49. The summed E-state index contributed by atoms with van der Waals surface area (Å²) in [7, 11) is 0. The topological polar surface area (TPSA) is 65.0 Å². The molecule has 0 saturated carbocycles. The molecule has 0 aromatic heterocycles. The van der Waals surface area contributed by atoms with Crippen molar-refractivity contribution in [3.63, 3.8) is 0 Å². The van der Waals surface area contributed by atoms with Gasteiger partial charge in [0.1, 0.15) is 13.2 Å². The van der Waals surface area contributed by atoms with Crippen LogP contribution in [-0.2, 0) is 9.53 Å². The normalized spacial score (nSPS) is 15.5. The quantitative estimate of drug-likeness (QED) is 0.829. The number of ether oxygens (including phenoxy) is 3. The molecular formula is C13H13BrF2O5. The Morgan fingerprint density at radius 2 is 2.14 bits per heavy atom. The molecule has 0 fully saturated rings. The van der Waals surface area contributed by atoms with Crippen LogP contribution < -0.4 is 9.47 Å². The average molecular weight is 367 g/mol. The van der Waals surface area contributed by atoms with Gasteiger partial charge in [0.25, 0.3) is 0 Å². The van der Waals surface area contributed by atoms with E-state index in [1.807, 2.05) is 0 Å². The SMILES string of the molecule is CCOC(=O)C(F)(F)C(O)c1cc(Br)c2c(c1)OCCO2. The summed E-state index contributed by atoms with van der Waals surface area (Å²) in [6, 6.07) is 2.47. The molecule has 1 unspecified atom stereocenters. The van der Waals surface area contributed by atoms with Gasteiger partial charge in [-0.1, -0.05) is 0 Å². The highest BCUT2D eigenvalue weighted by molar-refractivity contribution is 9.10. The van der Waals surface area contributed by atoms with E-state index < -0.39 is 18.0 Å². The number of rotatable bonds is 4. The van der Waals surface area contributed by atoms with Crippen LogP contribution in [0.3, 0.4) is 0 Å². The summed E-state index contributed by atoms with van der Waals surface area (Å²) in [5, 5.41) is 9.80. The van der Waals surface area contributed by atoms with Gasteiger partial charge in [-0.05, 0) is 40.5 Å². The molecule has 0 amide bonds. The molecule has 21 heavy (non-hydrogen) atoms. The van der Waals surface area contributed by atoms with Gasteiger partial charge in [-0.25, -0.2) is 4.79 Å². The Morgan fingerprint density at radius 3 is 2.81 bits per heavy atom. The number of hydrogen-bond donors (Lipinski definition) is 1. The third-order valence-electron chi connectivity index (χ3n) is 2.83. The van der Waals surface area contributed by atoms with Crippen LogP contribution >= 0.6 is 15.9 Å². The van der Waals surface area contributed by atoms with Crippen molar-refractivity contribution in [3.05, 3.63) is 22.2 Å². The average Bonchev–Trinajstić information content (AvgIpc) is 2.46. The predicted molar refractivity (Wildman–Crippen MR) is 71.7 cm³/mol. The van der Waals surface area contributed by atoms with Gasteiger partial charge in [0.2, 0.25) is 0 Å². The van der Waals surface area contributed by atoms with Gasteiger partial charge in [-0.2, -0.15) is 8.78 Å². The number of esters is 1. The Labute approximate surface area is 127 Å². The molecule has 1 heterocycles. The lowest BCUT2D eigenvalue weighted by Gasteiger charge is -2.24. The Kier molecular flexibility index (Phi) is 4.67. The van der Waals surface area contributed by atoms with E-state index in [0.29, 0.717) is 16.8 Å². The molecule has 1 aromatic carbocycles. The zero-order chi connectivity index (χ0) is 15.6. The van der Waals surface area contributed by atoms with Crippen molar-refractivity contribution in [3.8, 4) is 11.5 Å². The Morgan fingerprint density at radius 1 is 1.48 bits per heavy atom. The van der Waals surface area contributed by atoms with E-state index >= 15 is 0 Å². The Bertz CT molecular complexity index is 550. The minimum atomic E-state index is -4.06. The number of aliphatic hydroxyl groups is 1. The van der Waals surface area contributed by atoms with Crippen molar-refractivity contribution in [2.75, 3.05) is 19.8 Å². The molecule has 1 aromatic rings. The lowest BCUT2D eigenvalue weighted by atomic mass is 10.0.